The summed E-state index contributed by atoms with van der Waals surface area (Å²) in [6.07, 6.45) is -1.23. The molecule has 0 saturated heterocycles. The van der Waals surface area contributed by atoms with Gasteiger partial charge in [0.15, 0.2) is 0 Å². The zero-order valence-electron chi connectivity index (χ0n) is 5.38. The van der Waals surface area contributed by atoms with Crippen LogP contribution in [0.15, 0.2) is 0 Å². The average Bonchev–Trinajstić information content (AvgIpc) is 1.36. The summed E-state index contributed by atoms with van der Waals surface area (Å²) in [7, 11) is 0. The van der Waals surface area contributed by atoms with Crippen molar-refractivity contribution < 1.29 is 46.0 Å². The third kappa shape index (κ3) is 6.43. The maximum atomic E-state index is 9.45. The van der Waals surface area contributed by atoms with Gasteiger partial charge in [0.2, 0.25) is 0 Å². The van der Waals surface area contributed by atoms with Gasteiger partial charge in [-0.15, -0.1) is 0 Å². The molecule has 0 rings (SSSR count). The van der Waals surface area contributed by atoms with Crippen LogP contribution >= 0.6 is 0 Å². The van der Waals surface area contributed by atoms with Crippen molar-refractivity contribution in [3.05, 3.63) is 0 Å². The second-order valence-corrected chi connectivity index (χ2v) is 1.01. The minimum absolute atomic E-state index is 0. The van der Waals surface area contributed by atoms with E-state index in [-0.39, 0.29) is 31.0 Å². The molecule has 4 heteroatoms. The zero-order valence-corrected chi connectivity index (χ0v) is 6.38. The first-order valence-corrected chi connectivity index (χ1v) is 1.55. The van der Waals surface area contributed by atoms with Crippen LogP contribution in [0.3, 0.4) is 0 Å². The predicted molar refractivity (Wildman–Crippen MR) is 20.4 cm³/mol. The molecular formula is C3H7NaO3. The Bertz CT molecular complexity index is 65.5. The molecule has 0 aromatic rings. The van der Waals surface area contributed by atoms with Crippen LogP contribution in [0.1, 0.15) is 8.35 Å². The second kappa shape index (κ2) is 4.59. The van der Waals surface area contributed by atoms with Crippen molar-refractivity contribution in [2.45, 2.75) is 13.0 Å². The molecule has 0 aromatic carbocycles. The maximum Gasteiger partial charge on any atom is 1.00 e. The fourth-order valence-corrected chi connectivity index (χ4v) is 0. The predicted octanol–water partition coefficient (Wildman–Crippen LogP) is -3.43. The SMILES string of the molecule is CC(O)C(=O)O.[H-].[Na+]. The number of carboxylic acids is 1. The van der Waals surface area contributed by atoms with Crippen molar-refractivity contribution in [3.8, 4) is 0 Å². The van der Waals surface area contributed by atoms with Gasteiger partial charge in [-0.2, -0.15) is 0 Å². The summed E-state index contributed by atoms with van der Waals surface area (Å²) >= 11 is 0. The zero-order chi connectivity index (χ0) is 5.15. The summed E-state index contributed by atoms with van der Waals surface area (Å²) < 4.78 is 0. The van der Waals surface area contributed by atoms with E-state index >= 15 is 0 Å². The molecule has 2 N–H and O–H groups in total. The molecule has 0 aromatic heterocycles. The van der Waals surface area contributed by atoms with Gasteiger partial charge in [0.05, 0.1) is 0 Å². The molecule has 38 valence electrons. The van der Waals surface area contributed by atoms with E-state index in [2.05, 4.69) is 0 Å². The molecular weight excluding hydrogens is 107 g/mol. The van der Waals surface area contributed by atoms with Crippen LogP contribution in [-0.4, -0.2) is 22.3 Å². The number of aliphatic hydroxyl groups excluding tert-OH is 1. The summed E-state index contributed by atoms with van der Waals surface area (Å²) in [6, 6.07) is 0. The Labute approximate surface area is 65.1 Å². The van der Waals surface area contributed by atoms with Gasteiger partial charge in [-0.25, -0.2) is 4.79 Å². The maximum absolute atomic E-state index is 9.45. The number of carbonyl (C=O) groups is 1. The van der Waals surface area contributed by atoms with E-state index < -0.39 is 12.1 Å². The summed E-state index contributed by atoms with van der Waals surface area (Å²) in [5.74, 6) is -1.19. The van der Waals surface area contributed by atoms with E-state index in [1.807, 2.05) is 0 Å². The molecule has 0 heterocycles. The van der Waals surface area contributed by atoms with Crippen molar-refractivity contribution in [2.24, 2.45) is 0 Å². The van der Waals surface area contributed by atoms with Crippen molar-refractivity contribution in [1.82, 2.24) is 0 Å². The molecule has 7 heavy (non-hydrogen) atoms. The van der Waals surface area contributed by atoms with E-state index in [0.717, 1.165) is 0 Å². The van der Waals surface area contributed by atoms with Crippen LogP contribution in [0, 0.1) is 0 Å². The number of hydrogen-bond donors (Lipinski definition) is 2. The minimum Gasteiger partial charge on any atom is -1.00 e. The third-order valence-corrected chi connectivity index (χ3v) is 0.357. The van der Waals surface area contributed by atoms with Crippen LogP contribution in [0.4, 0.5) is 0 Å². The third-order valence-electron chi connectivity index (χ3n) is 0.357. The van der Waals surface area contributed by atoms with Crippen molar-refractivity contribution in [3.63, 3.8) is 0 Å². The molecule has 0 fully saturated rings. The molecule has 0 aliphatic rings. The van der Waals surface area contributed by atoms with Gasteiger partial charge >= 0.3 is 35.5 Å². The molecule has 0 saturated carbocycles. The molecule has 0 aliphatic carbocycles. The number of aliphatic carboxylic acids is 1. The minimum atomic E-state index is -1.23. The summed E-state index contributed by atoms with van der Waals surface area (Å²) in [6.45, 7) is 1.20. The fourth-order valence-electron chi connectivity index (χ4n) is 0. The molecule has 1 unspecified atom stereocenters. The van der Waals surface area contributed by atoms with Crippen molar-refractivity contribution in [2.75, 3.05) is 0 Å². The van der Waals surface area contributed by atoms with E-state index in [4.69, 9.17) is 10.2 Å². The van der Waals surface area contributed by atoms with Crippen LogP contribution in [0.2, 0.25) is 0 Å². The molecule has 0 spiro atoms. The Morgan fingerprint density at radius 3 is 2.00 bits per heavy atom. The van der Waals surface area contributed by atoms with Crippen LogP contribution in [0.25, 0.3) is 0 Å². The van der Waals surface area contributed by atoms with Gasteiger partial charge in [0.1, 0.15) is 6.10 Å². The van der Waals surface area contributed by atoms with Crippen molar-refractivity contribution >= 4 is 5.97 Å². The number of carboxylic acid groups (broad SMARTS) is 1. The Morgan fingerprint density at radius 1 is 1.86 bits per heavy atom. The van der Waals surface area contributed by atoms with Gasteiger partial charge in [0, 0.05) is 0 Å². The molecule has 1 atom stereocenters. The first-order chi connectivity index (χ1) is 2.64. The van der Waals surface area contributed by atoms with E-state index in [9.17, 15) is 4.79 Å². The second-order valence-electron chi connectivity index (χ2n) is 1.01. The van der Waals surface area contributed by atoms with E-state index in [1.165, 1.54) is 6.92 Å². The summed E-state index contributed by atoms with van der Waals surface area (Å²) in [5.41, 5.74) is 0. The molecule has 0 aliphatic heterocycles. The van der Waals surface area contributed by atoms with E-state index in [1.54, 1.807) is 0 Å². The Kier molecular flexibility index (Phi) is 6.82. The van der Waals surface area contributed by atoms with Gasteiger partial charge in [-0.05, 0) is 6.92 Å². The smallest absolute Gasteiger partial charge is 1.00 e. The monoisotopic (exact) mass is 114 g/mol. The normalized spacial score (nSPS) is 11.7. The van der Waals surface area contributed by atoms with Gasteiger partial charge in [0.25, 0.3) is 0 Å². The van der Waals surface area contributed by atoms with Gasteiger partial charge < -0.3 is 11.6 Å². The summed E-state index contributed by atoms with van der Waals surface area (Å²) in [4.78, 5) is 9.45. The van der Waals surface area contributed by atoms with E-state index in [0.29, 0.717) is 0 Å². The Hall–Kier alpha value is 0.430. The number of aliphatic hydroxyl groups is 1. The quantitative estimate of drug-likeness (QED) is 0.349. The molecule has 0 amide bonds. The number of rotatable bonds is 1. The standard InChI is InChI=1S/C3H6O3.Na.H/c1-2(4)3(5)6;;/h2,4H,1H3,(H,5,6);;/q;+1;-1. The average molecular weight is 114 g/mol. The Morgan fingerprint density at radius 2 is 2.00 bits per heavy atom. The summed E-state index contributed by atoms with van der Waals surface area (Å²) in [5, 5.41) is 15.8. The van der Waals surface area contributed by atoms with Crippen LogP contribution in [-0.2, 0) is 4.79 Å². The van der Waals surface area contributed by atoms with Gasteiger partial charge in [-0.1, -0.05) is 0 Å². The fraction of sp³-hybridized carbons (Fsp3) is 0.667. The number of hydrogen-bond acceptors (Lipinski definition) is 2. The molecule has 0 radical (unpaired) electrons. The largest absolute Gasteiger partial charge is 1.00 e. The van der Waals surface area contributed by atoms with Crippen LogP contribution < -0.4 is 29.6 Å². The van der Waals surface area contributed by atoms with Crippen LogP contribution in [0.5, 0.6) is 0 Å². The van der Waals surface area contributed by atoms with Gasteiger partial charge in [-0.3, -0.25) is 0 Å². The molecule has 3 nitrogen and oxygen atoms in total. The first kappa shape index (κ1) is 10.4. The first-order valence-electron chi connectivity index (χ1n) is 1.55. The Balaban J connectivity index is -0.000000125. The topological polar surface area (TPSA) is 57.5 Å². The molecule has 0 bridgehead atoms. The van der Waals surface area contributed by atoms with Crippen molar-refractivity contribution in [1.29, 1.82) is 0 Å².